The van der Waals surface area contributed by atoms with Gasteiger partial charge in [0.05, 0.1) is 0 Å². The van der Waals surface area contributed by atoms with Crippen molar-refractivity contribution in [1.82, 2.24) is 0 Å². The molecule has 6 rings (SSSR count). The maximum absolute atomic E-state index is 13.3. The number of aliphatic hydroxyl groups is 4. The molecule has 4 N–H and O–H groups in total. The summed E-state index contributed by atoms with van der Waals surface area (Å²) < 4.78 is 11.5. The summed E-state index contributed by atoms with van der Waals surface area (Å²) in [7, 11) is 0. The Morgan fingerprint density at radius 2 is 1.04 bits per heavy atom. The highest BCUT2D eigenvalue weighted by Gasteiger charge is 2.80. The van der Waals surface area contributed by atoms with E-state index in [9.17, 15) is 39.6 Å². The lowest BCUT2D eigenvalue weighted by molar-refractivity contribution is -0.234. The Kier molecular flexibility index (Phi) is 12.3. The van der Waals surface area contributed by atoms with Crippen molar-refractivity contribution in [3.8, 4) is 0 Å². The molecule has 6 fully saturated rings. The van der Waals surface area contributed by atoms with Gasteiger partial charge >= 0.3 is 11.9 Å². The molecule has 6 aliphatic carbocycles. The molecule has 0 aromatic carbocycles. The van der Waals surface area contributed by atoms with Crippen LogP contribution in [0.5, 0.6) is 0 Å². The minimum atomic E-state index is -1.79. The number of aliphatic hydroxyl groups excluding tert-OH is 2. The summed E-state index contributed by atoms with van der Waals surface area (Å²) in [6.45, 7) is 27.6. The van der Waals surface area contributed by atoms with Gasteiger partial charge in [-0.05, 0) is 86.9 Å². The van der Waals surface area contributed by atoms with Crippen LogP contribution >= 0.6 is 23.2 Å². The molecule has 0 saturated heterocycles. The zero-order chi connectivity index (χ0) is 42.1. The number of hydrogen-bond acceptors (Lipinski definition) is 10. The number of rotatable bonds is 8. The molecular formula is C44H62Cl2O10. The molecule has 6 aliphatic rings. The zero-order valence-corrected chi connectivity index (χ0v) is 35.3. The lowest BCUT2D eigenvalue weighted by Crippen LogP contribution is -2.69. The Labute approximate surface area is 341 Å². The fourth-order valence-corrected chi connectivity index (χ4v) is 13.4. The van der Waals surface area contributed by atoms with Gasteiger partial charge in [0.2, 0.25) is 0 Å². The van der Waals surface area contributed by atoms with E-state index in [1.54, 1.807) is 12.2 Å². The highest BCUT2D eigenvalue weighted by molar-refractivity contribution is 6.26. The average Bonchev–Trinajstić information content (AvgIpc) is 3.50. The molecule has 0 aromatic rings. The van der Waals surface area contributed by atoms with Crippen LogP contribution in [0.1, 0.15) is 92.9 Å². The molecule has 0 aromatic heterocycles. The van der Waals surface area contributed by atoms with Gasteiger partial charge < -0.3 is 29.9 Å². The molecule has 0 spiro atoms. The van der Waals surface area contributed by atoms with Crippen LogP contribution in [0.15, 0.2) is 49.6 Å². The molecule has 10 nitrogen and oxygen atoms in total. The van der Waals surface area contributed by atoms with Crippen molar-refractivity contribution in [2.75, 3.05) is 11.8 Å². The standard InChI is InChI=1S/2C22H31ClO5/c2*1-6-12(2)15-9-17(28-18(25)11-23)20(5)13(3)7-8-21(14(15)4)10-16(24)19(26)22(20,21)27/h2*6,13-17,24,27H,1-2,7-11H2,3-5H3/t2*13-,14+,15+,16+,17-,20+,21+,22-/m11/s1. The van der Waals surface area contributed by atoms with Crippen LogP contribution in [0.4, 0.5) is 0 Å². The Morgan fingerprint density at radius 1 is 0.714 bits per heavy atom. The van der Waals surface area contributed by atoms with Crippen LogP contribution < -0.4 is 0 Å². The number of alkyl halides is 2. The molecule has 0 radical (unpaired) electrons. The normalized spacial score (nSPS) is 47.8. The maximum atomic E-state index is 13.3. The fraction of sp³-hybridized carbons (Fsp3) is 0.727. The molecule has 56 heavy (non-hydrogen) atoms. The average molecular weight is 822 g/mol. The van der Waals surface area contributed by atoms with Crippen LogP contribution in [0, 0.1) is 57.2 Å². The number of esters is 2. The first-order valence-electron chi connectivity index (χ1n) is 20.0. The first-order chi connectivity index (χ1) is 26.0. The Bertz CT molecular complexity index is 1560. The molecule has 0 unspecified atom stereocenters. The molecule has 16 atom stereocenters. The highest BCUT2D eigenvalue weighted by Crippen LogP contribution is 2.72. The molecule has 312 valence electrons. The predicted molar refractivity (Wildman–Crippen MR) is 213 cm³/mol. The van der Waals surface area contributed by atoms with Crippen LogP contribution in [-0.4, -0.2) is 91.3 Å². The van der Waals surface area contributed by atoms with E-state index in [0.717, 1.165) is 24.0 Å². The van der Waals surface area contributed by atoms with Crippen molar-refractivity contribution < 1.29 is 49.1 Å². The number of carbonyl (C=O) groups is 4. The van der Waals surface area contributed by atoms with Crippen molar-refractivity contribution >= 4 is 46.7 Å². The molecule has 6 saturated carbocycles. The highest BCUT2D eigenvalue weighted by atomic mass is 35.5. The first kappa shape index (κ1) is 44.8. The zero-order valence-electron chi connectivity index (χ0n) is 33.8. The number of carbonyl (C=O) groups excluding carboxylic acids is 4. The SMILES string of the molecule is C=CC(=C)[C@@H]1C[C@@H](OC(=O)CCl)[C@]2(C)[C@H](C)CC[C@]3(C[C@H](O)C(=O)[C@]32O)[C@H]1C.C=CC(=C)[C@@H]1C[C@@H](OC(=O)CCl)[C@]2(C)[C@H](C)CC[C@]3(C[C@H](O)C(=O)[C@]32O)[C@H]1C. The summed E-state index contributed by atoms with van der Waals surface area (Å²) >= 11 is 11.4. The Hall–Kier alpha value is -2.34. The van der Waals surface area contributed by atoms with Crippen molar-refractivity contribution in [2.24, 2.45) is 57.2 Å². The first-order valence-corrected chi connectivity index (χ1v) is 21.1. The van der Waals surface area contributed by atoms with Crippen molar-refractivity contribution in [1.29, 1.82) is 0 Å². The second kappa shape index (κ2) is 15.4. The van der Waals surface area contributed by atoms with Gasteiger partial charge in [0.15, 0.2) is 11.6 Å². The summed E-state index contributed by atoms with van der Waals surface area (Å²) in [5.74, 6) is -3.60. The third kappa shape index (κ3) is 5.76. The summed E-state index contributed by atoms with van der Waals surface area (Å²) in [5, 5.41) is 45.4. The van der Waals surface area contributed by atoms with Crippen LogP contribution in [-0.2, 0) is 28.7 Å². The van der Waals surface area contributed by atoms with Gasteiger partial charge in [0.1, 0.15) is 47.4 Å². The van der Waals surface area contributed by atoms with Gasteiger partial charge in [-0.15, -0.1) is 23.2 Å². The van der Waals surface area contributed by atoms with E-state index in [0.29, 0.717) is 25.7 Å². The van der Waals surface area contributed by atoms with Gasteiger partial charge in [-0.1, -0.05) is 91.2 Å². The van der Waals surface area contributed by atoms with Gasteiger partial charge in [0.25, 0.3) is 0 Å². The quantitative estimate of drug-likeness (QED) is 0.129. The van der Waals surface area contributed by atoms with Gasteiger partial charge in [-0.3, -0.25) is 19.2 Å². The summed E-state index contributed by atoms with van der Waals surface area (Å²) in [6, 6.07) is 0. The second-order valence-electron chi connectivity index (χ2n) is 18.4. The summed E-state index contributed by atoms with van der Waals surface area (Å²) in [4.78, 5) is 50.8. The molecule has 12 heteroatoms. The molecule has 4 bridgehead atoms. The number of ketones is 2. The number of halogens is 2. The van der Waals surface area contributed by atoms with Crippen molar-refractivity contribution in [3.05, 3.63) is 49.6 Å². The summed E-state index contributed by atoms with van der Waals surface area (Å²) in [6.07, 6.45) is 3.56. The smallest absolute Gasteiger partial charge is 0.321 e. The summed E-state index contributed by atoms with van der Waals surface area (Å²) in [5.41, 5.74) is -5.68. The minimum absolute atomic E-state index is 0.0871. The van der Waals surface area contributed by atoms with E-state index in [1.165, 1.54) is 0 Å². The molecule has 0 aliphatic heterocycles. The van der Waals surface area contributed by atoms with Crippen molar-refractivity contribution in [3.63, 3.8) is 0 Å². The third-order valence-electron chi connectivity index (χ3n) is 17.0. The number of Topliss-reactive ketones (excluding diaryl/α,β-unsaturated/α-hetero) is 2. The third-order valence-corrected chi connectivity index (χ3v) is 17.4. The minimum Gasteiger partial charge on any atom is -0.461 e. The lowest BCUT2D eigenvalue weighted by atomic mass is 9.46. The van der Waals surface area contributed by atoms with E-state index in [2.05, 4.69) is 26.3 Å². The van der Waals surface area contributed by atoms with E-state index in [4.69, 9.17) is 32.7 Å². The fourth-order valence-electron chi connectivity index (χ4n) is 13.3. The molecule has 0 heterocycles. The van der Waals surface area contributed by atoms with Crippen LogP contribution in [0.2, 0.25) is 0 Å². The number of hydrogen-bond donors (Lipinski definition) is 4. The van der Waals surface area contributed by atoms with E-state index < -0.39 is 80.8 Å². The van der Waals surface area contributed by atoms with Gasteiger partial charge in [-0.2, -0.15) is 0 Å². The van der Waals surface area contributed by atoms with Crippen LogP contribution in [0.3, 0.4) is 0 Å². The Balaban J connectivity index is 0.000000214. The van der Waals surface area contributed by atoms with Gasteiger partial charge in [0, 0.05) is 21.7 Å². The van der Waals surface area contributed by atoms with E-state index in [-0.39, 0.29) is 60.1 Å². The topological polar surface area (TPSA) is 168 Å². The van der Waals surface area contributed by atoms with Gasteiger partial charge in [-0.25, -0.2) is 0 Å². The maximum Gasteiger partial charge on any atom is 0.321 e. The lowest BCUT2D eigenvalue weighted by Gasteiger charge is -2.60. The van der Waals surface area contributed by atoms with E-state index >= 15 is 0 Å². The Morgan fingerprint density at radius 3 is 1.32 bits per heavy atom. The second-order valence-corrected chi connectivity index (χ2v) is 18.9. The van der Waals surface area contributed by atoms with Crippen molar-refractivity contribution in [2.45, 2.75) is 129 Å². The molecular weight excluding hydrogens is 759 g/mol. The monoisotopic (exact) mass is 820 g/mol. The number of ether oxygens (including phenoxy) is 2. The van der Waals surface area contributed by atoms with E-state index in [1.807, 2.05) is 41.5 Å². The largest absolute Gasteiger partial charge is 0.461 e. The van der Waals surface area contributed by atoms with Crippen LogP contribution in [0.25, 0.3) is 0 Å². The predicted octanol–water partition coefficient (Wildman–Crippen LogP) is 6.05. The number of allylic oxidation sites excluding steroid dienone is 4. The molecule has 0 amide bonds.